The van der Waals surface area contributed by atoms with Crippen molar-refractivity contribution in [3.8, 4) is 0 Å². The molecule has 3 amide bonds. The summed E-state index contributed by atoms with van der Waals surface area (Å²) in [4.78, 5) is 24.4. The lowest BCUT2D eigenvalue weighted by atomic mass is 10.1. The van der Waals surface area contributed by atoms with Gasteiger partial charge in [0.1, 0.15) is 5.82 Å². The topological polar surface area (TPSA) is 88.9 Å². The van der Waals surface area contributed by atoms with Crippen LogP contribution >= 0.6 is 11.8 Å². The third kappa shape index (κ3) is 5.58. The van der Waals surface area contributed by atoms with Crippen LogP contribution in [0, 0.1) is 0 Å². The molecule has 1 fully saturated rings. The van der Waals surface area contributed by atoms with Gasteiger partial charge in [0, 0.05) is 11.5 Å². The first-order valence-electron chi connectivity index (χ1n) is 9.49. The number of thioether (sulfide) groups is 1. The molecule has 1 atom stereocenters. The van der Waals surface area contributed by atoms with E-state index in [0.717, 1.165) is 24.2 Å². The molecule has 150 valence electrons. The number of carbonyl (C=O) groups is 2. The molecule has 7 nitrogen and oxygen atoms in total. The van der Waals surface area contributed by atoms with E-state index in [0.29, 0.717) is 17.6 Å². The minimum Gasteiger partial charge on any atom is -0.333 e. The Morgan fingerprint density at radius 2 is 1.89 bits per heavy atom. The van der Waals surface area contributed by atoms with Crippen LogP contribution in [-0.4, -0.2) is 37.5 Å². The van der Waals surface area contributed by atoms with Crippen molar-refractivity contribution in [2.24, 2.45) is 0 Å². The highest BCUT2D eigenvalue weighted by Crippen LogP contribution is 2.40. The fourth-order valence-electron chi connectivity index (χ4n) is 2.74. The molecule has 0 spiro atoms. The number of nitrogens with one attached hydrogen (secondary N) is 2. The second-order valence-corrected chi connectivity index (χ2v) is 9.45. The number of carbonyl (C=O) groups excluding carboxylic acids is 2. The molecule has 1 aromatic carbocycles. The van der Waals surface area contributed by atoms with Gasteiger partial charge in [-0.05, 0) is 46.1 Å². The lowest BCUT2D eigenvalue weighted by Gasteiger charge is -2.21. The zero-order chi connectivity index (χ0) is 20.3. The van der Waals surface area contributed by atoms with Crippen LogP contribution in [0.1, 0.15) is 57.8 Å². The summed E-state index contributed by atoms with van der Waals surface area (Å²) >= 11 is 1.32. The average molecular weight is 402 g/mol. The number of nitrogens with zero attached hydrogens (tertiary/aromatic N) is 3. The Morgan fingerprint density at radius 1 is 1.21 bits per heavy atom. The van der Waals surface area contributed by atoms with E-state index < -0.39 is 16.8 Å². The first kappa shape index (κ1) is 20.4. The van der Waals surface area contributed by atoms with Gasteiger partial charge in [0.2, 0.25) is 5.91 Å². The standard InChI is InChI=1S/C20H27N5O2S/c1-13(17(26)21-18(27)22-20(2,3)4)28-19-24-23-16(15-10-11-15)25(19)12-14-8-6-5-7-9-14/h5-9,13,15H,10-12H2,1-4H3,(H2,21,22,26,27)/t13-/m1/s1. The van der Waals surface area contributed by atoms with Crippen LogP contribution in [0.25, 0.3) is 0 Å². The number of imide groups is 1. The molecule has 1 aliphatic rings. The van der Waals surface area contributed by atoms with Crippen LogP contribution in [0.5, 0.6) is 0 Å². The van der Waals surface area contributed by atoms with Crippen molar-refractivity contribution < 1.29 is 9.59 Å². The normalized spacial score (nSPS) is 15.1. The Kier molecular flexibility index (Phi) is 6.07. The Hall–Kier alpha value is -2.35. The fraction of sp³-hybridized carbons (Fsp3) is 0.500. The van der Waals surface area contributed by atoms with E-state index in [9.17, 15) is 9.59 Å². The Bertz CT molecular complexity index is 840. The molecule has 0 radical (unpaired) electrons. The number of hydrogen-bond acceptors (Lipinski definition) is 5. The number of amides is 3. The van der Waals surface area contributed by atoms with Gasteiger partial charge in [-0.2, -0.15) is 0 Å². The summed E-state index contributed by atoms with van der Waals surface area (Å²) in [5, 5.41) is 14.1. The van der Waals surface area contributed by atoms with Gasteiger partial charge >= 0.3 is 6.03 Å². The Morgan fingerprint density at radius 3 is 2.50 bits per heavy atom. The molecule has 1 aromatic heterocycles. The summed E-state index contributed by atoms with van der Waals surface area (Å²) in [6.07, 6.45) is 2.25. The molecule has 2 N–H and O–H groups in total. The Labute approximate surface area is 169 Å². The summed E-state index contributed by atoms with van der Waals surface area (Å²) in [6.45, 7) is 8.02. The van der Waals surface area contributed by atoms with Crippen molar-refractivity contribution in [1.82, 2.24) is 25.4 Å². The van der Waals surface area contributed by atoms with Gasteiger partial charge in [0.05, 0.1) is 11.8 Å². The van der Waals surface area contributed by atoms with Crippen molar-refractivity contribution in [2.45, 2.75) is 68.9 Å². The van der Waals surface area contributed by atoms with Crippen LogP contribution in [0.3, 0.4) is 0 Å². The predicted molar refractivity (Wildman–Crippen MR) is 109 cm³/mol. The van der Waals surface area contributed by atoms with E-state index in [4.69, 9.17) is 0 Å². The summed E-state index contributed by atoms with van der Waals surface area (Å²) in [7, 11) is 0. The van der Waals surface area contributed by atoms with Gasteiger partial charge in [-0.25, -0.2) is 4.79 Å². The van der Waals surface area contributed by atoms with Crippen LogP contribution < -0.4 is 10.6 Å². The third-order valence-electron chi connectivity index (χ3n) is 4.25. The second-order valence-electron chi connectivity index (χ2n) is 8.14. The lowest BCUT2D eigenvalue weighted by molar-refractivity contribution is -0.119. The number of aromatic nitrogens is 3. The van der Waals surface area contributed by atoms with Gasteiger partial charge in [-0.1, -0.05) is 42.1 Å². The SMILES string of the molecule is C[C@@H](Sc1nnc(C2CC2)n1Cc1ccccc1)C(=O)NC(=O)NC(C)(C)C. The van der Waals surface area contributed by atoms with Crippen LogP contribution in [-0.2, 0) is 11.3 Å². The first-order valence-corrected chi connectivity index (χ1v) is 10.4. The number of rotatable bonds is 6. The molecule has 1 saturated carbocycles. The second kappa shape index (κ2) is 8.34. The van der Waals surface area contributed by atoms with E-state index in [1.54, 1.807) is 6.92 Å². The van der Waals surface area contributed by atoms with Crippen molar-refractivity contribution >= 4 is 23.7 Å². The largest absolute Gasteiger partial charge is 0.333 e. The third-order valence-corrected chi connectivity index (χ3v) is 5.33. The number of benzene rings is 1. The molecule has 0 unspecified atom stereocenters. The fourth-order valence-corrected chi connectivity index (χ4v) is 3.60. The quantitative estimate of drug-likeness (QED) is 0.725. The van der Waals surface area contributed by atoms with Crippen molar-refractivity contribution in [3.05, 3.63) is 41.7 Å². The van der Waals surface area contributed by atoms with Crippen molar-refractivity contribution in [3.63, 3.8) is 0 Å². The highest BCUT2D eigenvalue weighted by Gasteiger charge is 2.31. The van der Waals surface area contributed by atoms with E-state index in [2.05, 4.69) is 37.5 Å². The monoisotopic (exact) mass is 401 g/mol. The van der Waals surface area contributed by atoms with Gasteiger partial charge in [-0.15, -0.1) is 10.2 Å². The number of urea groups is 1. The maximum atomic E-state index is 12.4. The highest BCUT2D eigenvalue weighted by molar-refractivity contribution is 8.00. The van der Waals surface area contributed by atoms with Crippen LogP contribution in [0.15, 0.2) is 35.5 Å². The van der Waals surface area contributed by atoms with E-state index >= 15 is 0 Å². The molecule has 3 rings (SSSR count). The molecule has 28 heavy (non-hydrogen) atoms. The average Bonchev–Trinajstić information content (AvgIpc) is 3.38. The molecule has 1 aliphatic carbocycles. The molecule has 1 heterocycles. The summed E-state index contributed by atoms with van der Waals surface area (Å²) < 4.78 is 2.09. The maximum Gasteiger partial charge on any atom is 0.321 e. The maximum absolute atomic E-state index is 12.4. The molecule has 8 heteroatoms. The minimum atomic E-state index is -0.491. The van der Waals surface area contributed by atoms with Gasteiger partial charge in [-0.3, -0.25) is 10.1 Å². The minimum absolute atomic E-state index is 0.353. The van der Waals surface area contributed by atoms with Crippen LogP contribution in [0.4, 0.5) is 4.79 Å². The van der Waals surface area contributed by atoms with E-state index in [-0.39, 0.29) is 5.91 Å². The first-order chi connectivity index (χ1) is 13.2. The van der Waals surface area contributed by atoms with Gasteiger partial charge < -0.3 is 9.88 Å². The summed E-state index contributed by atoms with van der Waals surface area (Å²) in [6, 6.07) is 9.65. The van der Waals surface area contributed by atoms with Crippen molar-refractivity contribution in [1.29, 1.82) is 0 Å². The van der Waals surface area contributed by atoms with E-state index in [1.165, 1.54) is 11.8 Å². The molecule has 0 bridgehead atoms. The van der Waals surface area contributed by atoms with E-state index in [1.807, 2.05) is 39.0 Å². The molecule has 0 saturated heterocycles. The predicted octanol–water partition coefficient (Wildman–Crippen LogP) is 3.31. The zero-order valence-electron chi connectivity index (χ0n) is 16.7. The molecular weight excluding hydrogens is 374 g/mol. The smallest absolute Gasteiger partial charge is 0.321 e. The molecule has 0 aliphatic heterocycles. The van der Waals surface area contributed by atoms with Gasteiger partial charge in [0.25, 0.3) is 0 Å². The Balaban J connectivity index is 1.69. The lowest BCUT2D eigenvalue weighted by Crippen LogP contribution is -2.49. The highest BCUT2D eigenvalue weighted by atomic mass is 32.2. The molecular formula is C20H27N5O2S. The number of hydrogen-bond donors (Lipinski definition) is 2. The van der Waals surface area contributed by atoms with Crippen LogP contribution in [0.2, 0.25) is 0 Å². The molecule has 2 aromatic rings. The summed E-state index contributed by atoms with van der Waals surface area (Å²) in [5.41, 5.74) is 0.753. The van der Waals surface area contributed by atoms with Gasteiger partial charge in [0.15, 0.2) is 5.16 Å². The zero-order valence-corrected chi connectivity index (χ0v) is 17.5. The van der Waals surface area contributed by atoms with Crippen molar-refractivity contribution in [2.75, 3.05) is 0 Å². The summed E-state index contributed by atoms with van der Waals surface area (Å²) in [5.74, 6) is 1.07.